The van der Waals surface area contributed by atoms with E-state index in [1.54, 1.807) is 13.8 Å². The Bertz CT molecular complexity index is 172. The van der Waals surface area contributed by atoms with Crippen LogP contribution >= 0.6 is 0 Å². The molecule has 0 aliphatic carbocycles. The topological polar surface area (TPSA) is 44.8 Å². The molecule has 0 saturated heterocycles. The maximum Gasteiger partial charge on any atom is 0.369 e. The first kappa shape index (κ1) is 12.0. The summed E-state index contributed by atoms with van der Waals surface area (Å²) in [5.41, 5.74) is 0. The van der Waals surface area contributed by atoms with Crippen LogP contribution in [0.2, 0.25) is 0 Å². The van der Waals surface area contributed by atoms with Gasteiger partial charge in [0.25, 0.3) is 0 Å². The SMILES string of the molecule is CC(C)OC=CC(=O)OOC(C)C. The highest BCUT2D eigenvalue weighted by Gasteiger charge is 2.00. The third-order valence-corrected chi connectivity index (χ3v) is 0.878. The molecule has 0 radical (unpaired) electrons. The normalized spacial score (nSPS) is 11.2. The molecule has 0 saturated carbocycles. The summed E-state index contributed by atoms with van der Waals surface area (Å²) >= 11 is 0. The quantitative estimate of drug-likeness (QED) is 0.285. The minimum atomic E-state index is -0.575. The molecule has 0 rings (SSSR count). The number of rotatable bonds is 5. The van der Waals surface area contributed by atoms with Crippen LogP contribution < -0.4 is 0 Å². The molecule has 76 valence electrons. The third kappa shape index (κ3) is 8.88. The Morgan fingerprint density at radius 2 is 1.77 bits per heavy atom. The Kier molecular flexibility index (Phi) is 5.97. The van der Waals surface area contributed by atoms with Crippen molar-refractivity contribution in [3.63, 3.8) is 0 Å². The van der Waals surface area contributed by atoms with Crippen LogP contribution in [0.5, 0.6) is 0 Å². The molecule has 0 bridgehead atoms. The Balaban J connectivity index is 3.56. The van der Waals surface area contributed by atoms with Crippen molar-refractivity contribution >= 4 is 5.97 Å². The minimum absolute atomic E-state index is 0.0510. The van der Waals surface area contributed by atoms with E-state index in [4.69, 9.17) is 4.74 Å². The van der Waals surface area contributed by atoms with Gasteiger partial charge in [-0.05, 0) is 27.7 Å². The second kappa shape index (κ2) is 6.48. The van der Waals surface area contributed by atoms with Crippen LogP contribution in [0.3, 0.4) is 0 Å². The standard InChI is InChI=1S/C9H16O4/c1-7(2)11-6-5-9(10)13-12-8(3)4/h5-8H,1-4H3. The van der Waals surface area contributed by atoms with Crippen molar-refractivity contribution in [2.24, 2.45) is 0 Å². The first-order valence-corrected chi connectivity index (χ1v) is 4.21. The molecular formula is C9H16O4. The average Bonchev–Trinajstić information content (AvgIpc) is 2.00. The van der Waals surface area contributed by atoms with E-state index in [1.165, 1.54) is 12.3 Å². The highest BCUT2D eigenvalue weighted by Crippen LogP contribution is 1.93. The Labute approximate surface area is 78.4 Å². The van der Waals surface area contributed by atoms with Crippen molar-refractivity contribution in [1.29, 1.82) is 0 Å². The predicted molar refractivity (Wildman–Crippen MR) is 47.7 cm³/mol. The van der Waals surface area contributed by atoms with Gasteiger partial charge in [0.15, 0.2) is 0 Å². The molecule has 0 aromatic heterocycles. The van der Waals surface area contributed by atoms with Crippen LogP contribution in [0.4, 0.5) is 0 Å². The maximum atomic E-state index is 10.8. The van der Waals surface area contributed by atoms with Crippen LogP contribution in [0.1, 0.15) is 27.7 Å². The van der Waals surface area contributed by atoms with Crippen molar-refractivity contribution < 1.29 is 19.3 Å². The minimum Gasteiger partial charge on any atom is -0.498 e. The van der Waals surface area contributed by atoms with Gasteiger partial charge in [-0.15, -0.1) is 0 Å². The first-order valence-electron chi connectivity index (χ1n) is 4.21. The van der Waals surface area contributed by atoms with Gasteiger partial charge in [0.1, 0.15) is 0 Å². The van der Waals surface area contributed by atoms with Gasteiger partial charge in [-0.2, -0.15) is 4.89 Å². The lowest BCUT2D eigenvalue weighted by Crippen LogP contribution is -2.08. The number of hydrogen-bond acceptors (Lipinski definition) is 4. The van der Waals surface area contributed by atoms with Crippen molar-refractivity contribution in [1.82, 2.24) is 0 Å². The van der Waals surface area contributed by atoms with Crippen LogP contribution in [0.25, 0.3) is 0 Å². The average molecular weight is 188 g/mol. The van der Waals surface area contributed by atoms with Gasteiger partial charge < -0.3 is 4.74 Å². The molecule has 0 atom stereocenters. The Morgan fingerprint density at radius 1 is 1.15 bits per heavy atom. The fraction of sp³-hybridized carbons (Fsp3) is 0.667. The van der Waals surface area contributed by atoms with E-state index in [0.717, 1.165) is 0 Å². The first-order chi connectivity index (χ1) is 6.02. The second-order valence-corrected chi connectivity index (χ2v) is 3.03. The van der Waals surface area contributed by atoms with E-state index in [1.807, 2.05) is 13.8 Å². The summed E-state index contributed by atoms with van der Waals surface area (Å²) in [6.45, 7) is 7.25. The second-order valence-electron chi connectivity index (χ2n) is 3.03. The lowest BCUT2D eigenvalue weighted by atomic mass is 10.5. The van der Waals surface area contributed by atoms with E-state index in [2.05, 4.69) is 9.78 Å². The highest BCUT2D eigenvalue weighted by molar-refractivity contribution is 5.81. The highest BCUT2D eigenvalue weighted by atomic mass is 17.2. The lowest BCUT2D eigenvalue weighted by Gasteiger charge is -2.04. The van der Waals surface area contributed by atoms with Crippen LogP contribution in [-0.4, -0.2) is 18.2 Å². The van der Waals surface area contributed by atoms with Gasteiger partial charge in [-0.25, -0.2) is 4.79 Å². The molecule has 0 aromatic carbocycles. The molecule has 4 nitrogen and oxygen atoms in total. The summed E-state index contributed by atoms with van der Waals surface area (Å²) in [4.78, 5) is 19.8. The third-order valence-electron chi connectivity index (χ3n) is 0.878. The number of carbonyl (C=O) groups is 1. The van der Waals surface area contributed by atoms with Gasteiger partial charge in [0.2, 0.25) is 0 Å². The molecule has 13 heavy (non-hydrogen) atoms. The molecule has 0 spiro atoms. The fourth-order valence-corrected chi connectivity index (χ4v) is 0.423. The summed E-state index contributed by atoms with van der Waals surface area (Å²) < 4.78 is 4.98. The molecule has 0 aromatic rings. The van der Waals surface area contributed by atoms with Crippen LogP contribution in [0.15, 0.2) is 12.3 Å². The van der Waals surface area contributed by atoms with E-state index in [0.29, 0.717) is 0 Å². The van der Waals surface area contributed by atoms with Gasteiger partial charge in [-0.3, -0.25) is 4.89 Å². The Morgan fingerprint density at radius 3 is 2.23 bits per heavy atom. The van der Waals surface area contributed by atoms with Gasteiger partial charge in [-0.1, -0.05) is 0 Å². The van der Waals surface area contributed by atoms with Crippen molar-refractivity contribution in [2.45, 2.75) is 39.9 Å². The summed E-state index contributed by atoms with van der Waals surface area (Å²) in [5.74, 6) is -0.575. The molecule has 0 amide bonds. The molecule has 0 heterocycles. The van der Waals surface area contributed by atoms with Crippen molar-refractivity contribution in [3.05, 3.63) is 12.3 Å². The molecule has 0 aliphatic rings. The zero-order valence-electron chi connectivity index (χ0n) is 8.44. The zero-order chi connectivity index (χ0) is 10.3. The smallest absolute Gasteiger partial charge is 0.369 e. The van der Waals surface area contributed by atoms with Gasteiger partial charge >= 0.3 is 5.97 Å². The van der Waals surface area contributed by atoms with E-state index >= 15 is 0 Å². The fourth-order valence-electron chi connectivity index (χ4n) is 0.423. The molecule has 4 heteroatoms. The summed E-state index contributed by atoms with van der Waals surface area (Å²) in [5, 5.41) is 0. The van der Waals surface area contributed by atoms with Gasteiger partial charge in [0, 0.05) is 0 Å². The number of ether oxygens (including phenoxy) is 1. The van der Waals surface area contributed by atoms with Crippen LogP contribution in [-0.2, 0) is 19.3 Å². The van der Waals surface area contributed by atoms with Gasteiger partial charge in [0.05, 0.1) is 24.5 Å². The summed E-state index contributed by atoms with van der Waals surface area (Å²) in [7, 11) is 0. The predicted octanol–water partition coefficient (Wildman–Crippen LogP) is 1.81. The molecule has 0 N–H and O–H groups in total. The summed E-state index contributed by atoms with van der Waals surface area (Å²) in [6.07, 6.45) is 2.37. The molecular weight excluding hydrogens is 172 g/mol. The van der Waals surface area contributed by atoms with Crippen LogP contribution in [0, 0.1) is 0 Å². The zero-order valence-corrected chi connectivity index (χ0v) is 8.44. The molecule has 0 fully saturated rings. The maximum absolute atomic E-state index is 10.8. The number of carbonyl (C=O) groups excluding carboxylic acids is 1. The number of hydrogen-bond donors (Lipinski definition) is 0. The Hall–Kier alpha value is -1.03. The summed E-state index contributed by atoms with van der Waals surface area (Å²) in [6, 6.07) is 0. The molecule has 0 unspecified atom stereocenters. The van der Waals surface area contributed by atoms with E-state index in [9.17, 15) is 4.79 Å². The van der Waals surface area contributed by atoms with E-state index in [-0.39, 0.29) is 12.2 Å². The molecule has 0 aliphatic heterocycles. The monoisotopic (exact) mass is 188 g/mol. The van der Waals surface area contributed by atoms with Crippen molar-refractivity contribution in [2.75, 3.05) is 0 Å². The van der Waals surface area contributed by atoms with E-state index < -0.39 is 5.97 Å². The largest absolute Gasteiger partial charge is 0.498 e. The lowest BCUT2D eigenvalue weighted by molar-refractivity contribution is -0.286. The van der Waals surface area contributed by atoms with Crippen molar-refractivity contribution in [3.8, 4) is 0 Å².